The molecule has 100 valence electrons. The number of aromatic amines is 1. The lowest BCUT2D eigenvalue weighted by atomic mass is 10.3. The highest BCUT2D eigenvalue weighted by atomic mass is 32.2. The third-order valence-corrected chi connectivity index (χ3v) is 6.09. The van der Waals surface area contributed by atoms with Crippen molar-refractivity contribution in [2.75, 3.05) is 23.8 Å². The Labute approximate surface area is 109 Å². The summed E-state index contributed by atoms with van der Waals surface area (Å²) in [5, 5.41) is 8.87. The second-order valence-corrected chi connectivity index (χ2v) is 7.43. The van der Waals surface area contributed by atoms with Crippen molar-refractivity contribution in [3.63, 3.8) is 0 Å². The Hall–Kier alpha value is -1.09. The Morgan fingerprint density at radius 3 is 3.06 bits per heavy atom. The molecule has 1 aliphatic rings. The summed E-state index contributed by atoms with van der Waals surface area (Å²) in [6, 6.07) is 0. The van der Waals surface area contributed by atoms with E-state index in [9.17, 15) is 13.2 Å². The number of amides is 1. The summed E-state index contributed by atoms with van der Waals surface area (Å²) < 4.78 is 24.0. The van der Waals surface area contributed by atoms with Gasteiger partial charge >= 0.3 is 0 Å². The third-order valence-electron chi connectivity index (χ3n) is 2.80. The van der Waals surface area contributed by atoms with Crippen LogP contribution in [0.5, 0.6) is 0 Å². The number of thioether (sulfide) groups is 1. The summed E-state index contributed by atoms with van der Waals surface area (Å²) in [6.07, 6.45) is 1.31. The molecule has 0 radical (unpaired) electrons. The molecule has 2 heterocycles. The minimum atomic E-state index is -3.28. The first-order valence-electron chi connectivity index (χ1n) is 5.52. The summed E-state index contributed by atoms with van der Waals surface area (Å²) >= 11 is 1.55. The van der Waals surface area contributed by atoms with Crippen LogP contribution in [0.1, 0.15) is 17.4 Å². The molecule has 2 rings (SSSR count). The van der Waals surface area contributed by atoms with Gasteiger partial charge in [0.05, 0.1) is 6.20 Å². The fourth-order valence-electron chi connectivity index (χ4n) is 1.76. The first kappa shape index (κ1) is 13.3. The quantitative estimate of drug-likeness (QED) is 0.825. The van der Waals surface area contributed by atoms with Crippen LogP contribution < -0.4 is 0 Å². The lowest BCUT2D eigenvalue weighted by Crippen LogP contribution is -2.50. The van der Waals surface area contributed by atoms with Gasteiger partial charge in [0.25, 0.3) is 5.91 Å². The molecule has 0 spiro atoms. The predicted octanol–water partition coefficient (Wildman–Crippen LogP) is -0.245. The number of nitrogens with zero attached hydrogens (tertiary/aromatic N) is 3. The molecule has 0 aromatic carbocycles. The molecule has 7 nitrogen and oxygen atoms in total. The number of sulfone groups is 1. The smallest absolute Gasteiger partial charge is 0.277 e. The zero-order valence-corrected chi connectivity index (χ0v) is 11.5. The average Bonchev–Trinajstić information content (AvgIpc) is 2.92. The first-order valence-corrected chi connectivity index (χ1v) is 8.39. The standard InChI is InChI=1S/C9H14N4O3S2/c1-2-18(15,16)8-6-17-4-3-13(8)9(14)7-5-10-12-11-7/h5,8H,2-4,6H2,1H3,(H,10,11,12). The highest BCUT2D eigenvalue weighted by molar-refractivity contribution is 8.01. The monoisotopic (exact) mass is 290 g/mol. The Morgan fingerprint density at radius 2 is 2.44 bits per heavy atom. The number of carbonyl (C=O) groups is 1. The molecule has 1 atom stereocenters. The van der Waals surface area contributed by atoms with E-state index in [2.05, 4.69) is 15.4 Å². The highest BCUT2D eigenvalue weighted by Gasteiger charge is 2.36. The maximum Gasteiger partial charge on any atom is 0.277 e. The fourth-order valence-corrected chi connectivity index (χ4v) is 4.72. The van der Waals surface area contributed by atoms with Gasteiger partial charge in [-0.3, -0.25) is 4.79 Å². The van der Waals surface area contributed by atoms with Crippen molar-refractivity contribution in [2.45, 2.75) is 12.3 Å². The molecular formula is C9H14N4O3S2. The van der Waals surface area contributed by atoms with Crippen molar-refractivity contribution in [1.29, 1.82) is 0 Å². The number of hydrogen-bond donors (Lipinski definition) is 1. The zero-order chi connectivity index (χ0) is 13.2. The summed E-state index contributed by atoms with van der Waals surface area (Å²) in [5.74, 6) is 0.797. The van der Waals surface area contributed by atoms with Crippen molar-refractivity contribution < 1.29 is 13.2 Å². The second-order valence-electron chi connectivity index (χ2n) is 3.83. The first-order chi connectivity index (χ1) is 8.56. The fraction of sp³-hybridized carbons (Fsp3) is 0.667. The molecule has 1 N–H and O–H groups in total. The van der Waals surface area contributed by atoms with E-state index in [0.717, 1.165) is 5.75 Å². The molecule has 1 fully saturated rings. The molecule has 0 aliphatic carbocycles. The molecule has 1 amide bonds. The molecule has 9 heteroatoms. The molecule has 0 bridgehead atoms. The number of carbonyl (C=O) groups excluding carboxylic acids is 1. The number of aromatic nitrogens is 3. The van der Waals surface area contributed by atoms with Gasteiger partial charge in [0.2, 0.25) is 0 Å². The van der Waals surface area contributed by atoms with Crippen molar-refractivity contribution in [3.05, 3.63) is 11.9 Å². The van der Waals surface area contributed by atoms with Gasteiger partial charge in [0.15, 0.2) is 15.5 Å². The van der Waals surface area contributed by atoms with Crippen molar-refractivity contribution in [1.82, 2.24) is 20.3 Å². The summed E-state index contributed by atoms with van der Waals surface area (Å²) in [5.41, 5.74) is 0.151. The number of H-pyrrole nitrogens is 1. The molecule has 1 unspecified atom stereocenters. The summed E-state index contributed by atoms with van der Waals surface area (Å²) in [6.45, 7) is 2.01. The van der Waals surface area contributed by atoms with E-state index < -0.39 is 15.2 Å². The molecule has 1 saturated heterocycles. The average molecular weight is 290 g/mol. The number of rotatable bonds is 3. The Morgan fingerprint density at radius 1 is 1.67 bits per heavy atom. The normalized spacial score (nSPS) is 20.9. The molecule has 1 aromatic rings. The van der Waals surface area contributed by atoms with Crippen LogP contribution in [0.4, 0.5) is 0 Å². The lowest BCUT2D eigenvalue weighted by molar-refractivity contribution is 0.0743. The van der Waals surface area contributed by atoms with E-state index in [4.69, 9.17) is 0 Å². The van der Waals surface area contributed by atoms with Gasteiger partial charge in [-0.05, 0) is 0 Å². The maximum atomic E-state index is 12.2. The van der Waals surface area contributed by atoms with Gasteiger partial charge in [0, 0.05) is 23.8 Å². The van der Waals surface area contributed by atoms with Gasteiger partial charge in [0.1, 0.15) is 5.37 Å². The number of hydrogen-bond acceptors (Lipinski definition) is 6. The van der Waals surface area contributed by atoms with Crippen LogP contribution >= 0.6 is 11.8 Å². The van der Waals surface area contributed by atoms with Crippen molar-refractivity contribution in [3.8, 4) is 0 Å². The Kier molecular flexibility index (Phi) is 3.91. The second kappa shape index (κ2) is 5.27. The zero-order valence-electron chi connectivity index (χ0n) is 9.87. The Balaban J connectivity index is 2.26. The van der Waals surface area contributed by atoms with E-state index >= 15 is 0 Å². The van der Waals surface area contributed by atoms with E-state index in [1.807, 2.05) is 0 Å². The van der Waals surface area contributed by atoms with Crippen LogP contribution in [0, 0.1) is 0 Å². The van der Waals surface area contributed by atoms with Crippen LogP contribution in [0.2, 0.25) is 0 Å². The van der Waals surface area contributed by atoms with Gasteiger partial charge in [-0.1, -0.05) is 6.92 Å². The Bertz CT molecular complexity index is 514. The molecular weight excluding hydrogens is 276 g/mol. The predicted molar refractivity (Wildman–Crippen MR) is 68.0 cm³/mol. The summed E-state index contributed by atoms with van der Waals surface area (Å²) in [7, 11) is -3.28. The number of nitrogens with one attached hydrogen (secondary N) is 1. The van der Waals surface area contributed by atoms with Gasteiger partial charge in [-0.25, -0.2) is 8.42 Å². The topological polar surface area (TPSA) is 96.0 Å². The maximum absolute atomic E-state index is 12.2. The van der Waals surface area contributed by atoms with Gasteiger partial charge in [-0.2, -0.15) is 27.2 Å². The molecule has 0 saturated carbocycles. The van der Waals surface area contributed by atoms with E-state index in [0.29, 0.717) is 12.3 Å². The lowest BCUT2D eigenvalue weighted by Gasteiger charge is -2.34. The van der Waals surface area contributed by atoms with Gasteiger partial charge in [-0.15, -0.1) is 0 Å². The van der Waals surface area contributed by atoms with Crippen LogP contribution in [0.25, 0.3) is 0 Å². The molecule has 1 aliphatic heterocycles. The van der Waals surface area contributed by atoms with E-state index in [1.54, 1.807) is 18.7 Å². The summed E-state index contributed by atoms with van der Waals surface area (Å²) in [4.78, 5) is 13.5. The molecule has 1 aromatic heterocycles. The van der Waals surface area contributed by atoms with Crippen LogP contribution in [0.15, 0.2) is 6.20 Å². The van der Waals surface area contributed by atoms with Gasteiger partial charge < -0.3 is 4.90 Å². The highest BCUT2D eigenvalue weighted by Crippen LogP contribution is 2.22. The van der Waals surface area contributed by atoms with Crippen LogP contribution in [-0.4, -0.2) is 63.8 Å². The van der Waals surface area contributed by atoms with Crippen molar-refractivity contribution in [2.24, 2.45) is 0 Å². The van der Waals surface area contributed by atoms with Crippen LogP contribution in [0.3, 0.4) is 0 Å². The largest absolute Gasteiger partial charge is 0.318 e. The van der Waals surface area contributed by atoms with Crippen LogP contribution in [-0.2, 0) is 9.84 Å². The minimum Gasteiger partial charge on any atom is -0.318 e. The van der Waals surface area contributed by atoms with Crippen molar-refractivity contribution >= 4 is 27.5 Å². The SMILES string of the molecule is CCS(=O)(=O)C1CSCCN1C(=O)c1cn[nH]n1. The minimum absolute atomic E-state index is 0.0286. The van der Waals surface area contributed by atoms with E-state index in [-0.39, 0.29) is 17.4 Å². The molecule has 18 heavy (non-hydrogen) atoms. The van der Waals surface area contributed by atoms with E-state index in [1.165, 1.54) is 11.1 Å². The third kappa shape index (κ3) is 2.51.